The molecule has 0 N–H and O–H groups in total. The lowest BCUT2D eigenvalue weighted by atomic mass is 10.1. The van der Waals surface area contributed by atoms with Crippen molar-refractivity contribution in [3.63, 3.8) is 0 Å². The summed E-state index contributed by atoms with van der Waals surface area (Å²) in [7, 11) is 0. The molecule has 0 aliphatic carbocycles. The number of hydrogen-bond donors (Lipinski definition) is 0. The molecule has 1 atom stereocenters. The second kappa shape index (κ2) is 8.76. The average molecular weight is 349 g/mol. The van der Waals surface area contributed by atoms with Crippen molar-refractivity contribution in [1.82, 2.24) is 4.90 Å². The highest BCUT2D eigenvalue weighted by Crippen LogP contribution is 2.18. The molecule has 1 aromatic carbocycles. The fraction of sp³-hybridized carbons (Fsp3) is 0.474. The fourth-order valence-electron chi connectivity index (χ4n) is 2.71. The van der Waals surface area contributed by atoms with Crippen LogP contribution in [0.4, 0.5) is 4.39 Å². The molecular weight excluding hydrogens is 325 g/mol. The van der Waals surface area contributed by atoms with Crippen LogP contribution in [0.15, 0.2) is 29.8 Å². The topological polar surface area (TPSA) is 55.8 Å². The maximum atomic E-state index is 13.8. The van der Waals surface area contributed by atoms with Crippen molar-refractivity contribution in [2.45, 2.75) is 33.3 Å². The second-order valence-corrected chi connectivity index (χ2v) is 6.05. The number of amides is 1. The number of allylic oxidation sites excluding steroid dienone is 1. The molecule has 1 aromatic rings. The minimum atomic E-state index is -0.605. The molecule has 1 amide bonds. The number of carbonyl (C=O) groups is 2. The van der Waals surface area contributed by atoms with Crippen LogP contribution < -0.4 is 4.74 Å². The van der Waals surface area contributed by atoms with E-state index in [9.17, 15) is 14.0 Å². The first-order valence-electron chi connectivity index (χ1n) is 8.43. The van der Waals surface area contributed by atoms with E-state index in [1.54, 1.807) is 11.0 Å². The highest BCUT2D eigenvalue weighted by molar-refractivity contribution is 5.94. The molecule has 2 rings (SSSR count). The first-order valence-corrected chi connectivity index (χ1v) is 8.43. The molecule has 6 heteroatoms. The Morgan fingerprint density at radius 1 is 1.40 bits per heavy atom. The molecule has 1 aliphatic rings. The Bertz CT molecular complexity index is 671. The minimum Gasteiger partial charge on any atom is -0.491 e. The Balaban J connectivity index is 1.93. The zero-order chi connectivity index (χ0) is 18.4. The molecule has 1 saturated heterocycles. The summed E-state index contributed by atoms with van der Waals surface area (Å²) in [5.41, 5.74) is 0.766. The maximum Gasteiger partial charge on any atom is 0.249 e. The third kappa shape index (κ3) is 5.13. The van der Waals surface area contributed by atoms with Crippen LogP contribution >= 0.6 is 0 Å². The number of halogens is 1. The largest absolute Gasteiger partial charge is 0.491 e. The van der Waals surface area contributed by atoms with Gasteiger partial charge in [-0.05, 0) is 32.4 Å². The number of hydrogen-bond acceptors (Lipinski definition) is 4. The molecule has 0 spiro atoms. The Kier molecular flexibility index (Phi) is 6.70. The quantitative estimate of drug-likeness (QED) is 0.585. The number of rotatable bonds is 6. The average Bonchev–Trinajstić information content (AvgIpc) is 2.59. The van der Waals surface area contributed by atoms with Crippen LogP contribution in [0.5, 0.6) is 5.75 Å². The number of ketones is 1. The molecule has 5 nitrogen and oxygen atoms in total. The van der Waals surface area contributed by atoms with Gasteiger partial charge in [-0.25, -0.2) is 4.39 Å². The van der Waals surface area contributed by atoms with Gasteiger partial charge in [0, 0.05) is 18.2 Å². The number of Topliss-reactive ketones (excluding diaryl/α,β-unsaturated/α-hetero) is 1. The van der Waals surface area contributed by atoms with Crippen molar-refractivity contribution in [1.29, 1.82) is 0 Å². The van der Waals surface area contributed by atoms with Crippen LogP contribution in [-0.4, -0.2) is 49.0 Å². The van der Waals surface area contributed by atoms with Gasteiger partial charge < -0.3 is 14.4 Å². The summed E-state index contributed by atoms with van der Waals surface area (Å²) in [6.45, 7) is 6.74. The number of ether oxygens (including phenoxy) is 2. The van der Waals surface area contributed by atoms with Gasteiger partial charge in [0.05, 0.1) is 18.7 Å². The van der Waals surface area contributed by atoms with E-state index in [4.69, 9.17) is 9.47 Å². The van der Waals surface area contributed by atoms with Gasteiger partial charge in [-0.3, -0.25) is 9.59 Å². The zero-order valence-corrected chi connectivity index (χ0v) is 14.9. The van der Waals surface area contributed by atoms with Crippen molar-refractivity contribution in [2.75, 3.05) is 26.3 Å². The SMILES string of the molecule is CC/C=C(\C)C(=O)N1CCOC(COc2ccc(C(C)=O)c(F)c2)C1. The Hall–Kier alpha value is -2.21. The molecule has 1 fully saturated rings. The molecule has 1 aliphatic heterocycles. The monoisotopic (exact) mass is 349 g/mol. The van der Waals surface area contributed by atoms with Crippen molar-refractivity contribution < 1.29 is 23.5 Å². The van der Waals surface area contributed by atoms with Gasteiger partial charge in [-0.15, -0.1) is 0 Å². The first-order chi connectivity index (χ1) is 11.9. The van der Waals surface area contributed by atoms with Gasteiger partial charge >= 0.3 is 0 Å². The van der Waals surface area contributed by atoms with Crippen molar-refractivity contribution >= 4 is 11.7 Å². The van der Waals surface area contributed by atoms with Crippen LogP contribution in [0.3, 0.4) is 0 Å². The van der Waals surface area contributed by atoms with E-state index in [-0.39, 0.29) is 30.0 Å². The molecule has 136 valence electrons. The molecule has 0 radical (unpaired) electrons. The number of benzene rings is 1. The van der Waals surface area contributed by atoms with Gasteiger partial charge in [0.1, 0.15) is 24.3 Å². The smallest absolute Gasteiger partial charge is 0.249 e. The lowest BCUT2D eigenvalue weighted by molar-refractivity contribution is -0.135. The van der Waals surface area contributed by atoms with Crippen LogP contribution in [0.25, 0.3) is 0 Å². The van der Waals surface area contributed by atoms with Crippen molar-refractivity contribution in [3.8, 4) is 5.75 Å². The number of nitrogens with zero attached hydrogens (tertiary/aromatic N) is 1. The Morgan fingerprint density at radius 2 is 2.16 bits per heavy atom. The first kappa shape index (κ1) is 19.1. The fourth-order valence-corrected chi connectivity index (χ4v) is 2.71. The van der Waals surface area contributed by atoms with Crippen LogP contribution in [0.1, 0.15) is 37.6 Å². The van der Waals surface area contributed by atoms with E-state index >= 15 is 0 Å². The van der Waals surface area contributed by atoms with Gasteiger partial charge in [-0.1, -0.05) is 13.0 Å². The molecular formula is C19H24FNO4. The van der Waals surface area contributed by atoms with Crippen LogP contribution in [-0.2, 0) is 9.53 Å². The Labute approximate surface area is 147 Å². The van der Waals surface area contributed by atoms with E-state index in [0.29, 0.717) is 25.4 Å². The molecule has 25 heavy (non-hydrogen) atoms. The van der Waals surface area contributed by atoms with E-state index < -0.39 is 5.82 Å². The number of morpholine rings is 1. The maximum absolute atomic E-state index is 13.8. The summed E-state index contributed by atoms with van der Waals surface area (Å²) >= 11 is 0. The molecule has 1 unspecified atom stereocenters. The van der Waals surface area contributed by atoms with E-state index in [2.05, 4.69) is 0 Å². The summed E-state index contributed by atoms with van der Waals surface area (Å²) in [5.74, 6) is -0.598. The van der Waals surface area contributed by atoms with Gasteiger partial charge in [-0.2, -0.15) is 0 Å². The molecule has 0 bridgehead atoms. The lowest BCUT2D eigenvalue weighted by Gasteiger charge is -2.33. The van der Waals surface area contributed by atoms with Crippen LogP contribution in [0, 0.1) is 5.82 Å². The van der Waals surface area contributed by atoms with Crippen LogP contribution in [0.2, 0.25) is 0 Å². The molecule has 0 aromatic heterocycles. The number of carbonyl (C=O) groups excluding carboxylic acids is 2. The normalized spacial score (nSPS) is 18.2. The second-order valence-electron chi connectivity index (χ2n) is 6.05. The van der Waals surface area contributed by atoms with Crippen molar-refractivity contribution in [2.24, 2.45) is 0 Å². The standard InChI is InChI=1S/C19H24FNO4/c1-4-5-13(2)19(23)21-8-9-24-16(11-21)12-25-15-6-7-17(14(3)22)18(20)10-15/h5-7,10,16H,4,8-9,11-12H2,1-3H3/b13-5+. The van der Waals surface area contributed by atoms with Gasteiger partial charge in [0.15, 0.2) is 5.78 Å². The van der Waals surface area contributed by atoms with E-state index in [1.807, 2.05) is 19.9 Å². The Morgan fingerprint density at radius 3 is 2.80 bits per heavy atom. The van der Waals surface area contributed by atoms with E-state index in [1.165, 1.54) is 19.1 Å². The van der Waals surface area contributed by atoms with Crippen molar-refractivity contribution in [3.05, 3.63) is 41.2 Å². The predicted octanol–water partition coefficient (Wildman–Crippen LogP) is 2.99. The highest BCUT2D eigenvalue weighted by Gasteiger charge is 2.25. The lowest BCUT2D eigenvalue weighted by Crippen LogP contribution is -2.47. The summed E-state index contributed by atoms with van der Waals surface area (Å²) in [4.78, 5) is 25.3. The third-order valence-corrected chi connectivity index (χ3v) is 4.03. The van der Waals surface area contributed by atoms with Gasteiger partial charge in [0.25, 0.3) is 0 Å². The summed E-state index contributed by atoms with van der Waals surface area (Å²) in [6, 6.07) is 4.15. The predicted molar refractivity (Wildman–Crippen MR) is 92.3 cm³/mol. The highest BCUT2D eigenvalue weighted by atomic mass is 19.1. The molecule has 1 heterocycles. The molecule has 0 saturated carbocycles. The summed E-state index contributed by atoms with van der Waals surface area (Å²) in [5, 5.41) is 0. The zero-order valence-electron chi connectivity index (χ0n) is 14.9. The third-order valence-electron chi connectivity index (χ3n) is 4.03. The summed E-state index contributed by atoms with van der Waals surface area (Å²) in [6.07, 6.45) is 2.45. The summed E-state index contributed by atoms with van der Waals surface area (Å²) < 4.78 is 25.0. The van der Waals surface area contributed by atoms with Gasteiger partial charge in [0.2, 0.25) is 5.91 Å². The minimum absolute atomic E-state index is 0.00649. The van der Waals surface area contributed by atoms with E-state index in [0.717, 1.165) is 12.0 Å².